The highest BCUT2D eigenvalue weighted by Gasteiger charge is 2.16. The molecular weight excluding hydrogens is 258 g/mol. The van der Waals surface area contributed by atoms with E-state index in [0.717, 1.165) is 31.5 Å². The van der Waals surface area contributed by atoms with Crippen LogP contribution in [-0.4, -0.2) is 49.3 Å². The van der Waals surface area contributed by atoms with E-state index in [2.05, 4.69) is 10.3 Å². The number of hydrogen-bond acceptors (Lipinski definition) is 4. The largest absolute Gasteiger partial charge is 0.475 e. The number of methoxy groups -OCH3 is 1. The van der Waals surface area contributed by atoms with Crippen molar-refractivity contribution in [2.24, 2.45) is 0 Å². The molecule has 1 saturated heterocycles. The van der Waals surface area contributed by atoms with Gasteiger partial charge in [-0.15, -0.1) is 0 Å². The lowest BCUT2D eigenvalue weighted by Gasteiger charge is -2.16. The third kappa shape index (κ3) is 4.38. The quantitative estimate of drug-likeness (QED) is 0.800. The zero-order valence-electron chi connectivity index (χ0n) is 11.8. The lowest BCUT2D eigenvalue weighted by atomic mass is 10.3. The smallest absolute Gasteiger partial charge is 0.317 e. The summed E-state index contributed by atoms with van der Waals surface area (Å²) in [6.45, 7) is 3.22. The minimum atomic E-state index is 0.00270. The van der Waals surface area contributed by atoms with E-state index in [1.165, 1.54) is 0 Å². The Labute approximate surface area is 119 Å². The molecule has 1 N–H and O–H groups in total. The zero-order chi connectivity index (χ0) is 14.2. The van der Waals surface area contributed by atoms with Gasteiger partial charge in [0.2, 0.25) is 5.88 Å². The van der Waals surface area contributed by atoms with Crippen LogP contribution < -0.4 is 10.1 Å². The van der Waals surface area contributed by atoms with Crippen molar-refractivity contribution in [2.45, 2.75) is 19.4 Å². The Morgan fingerprint density at radius 1 is 1.35 bits per heavy atom. The number of rotatable bonds is 6. The fourth-order valence-electron chi connectivity index (χ4n) is 2.04. The molecule has 1 aliphatic heterocycles. The van der Waals surface area contributed by atoms with E-state index < -0.39 is 0 Å². The molecule has 0 bridgehead atoms. The van der Waals surface area contributed by atoms with Gasteiger partial charge in [-0.2, -0.15) is 0 Å². The Balaban J connectivity index is 1.74. The number of nitrogens with zero attached hydrogens (tertiary/aromatic N) is 2. The molecule has 6 heteroatoms. The molecule has 0 aromatic carbocycles. The van der Waals surface area contributed by atoms with E-state index >= 15 is 0 Å². The summed E-state index contributed by atoms with van der Waals surface area (Å²) in [5.41, 5.74) is 0.955. The zero-order valence-corrected chi connectivity index (χ0v) is 11.8. The van der Waals surface area contributed by atoms with Crippen molar-refractivity contribution in [3.8, 4) is 5.88 Å². The summed E-state index contributed by atoms with van der Waals surface area (Å²) in [5.74, 6) is 0.566. The maximum Gasteiger partial charge on any atom is 0.317 e. The third-order valence-corrected chi connectivity index (χ3v) is 3.17. The first-order valence-corrected chi connectivity index (χ1v) is 6.89. The average molecular weight is 279 g/mol. The minimum absolute atomic E-state index is 0.00270. The third-order valence-electron chi connectivity index (χ3n) is 3.17. The van der Waals surface area contributed by atoms with E-state index in [4.69, 9.17) is 9.47 Å². The van der Waals surface area contributed by atoms with Crippen molar-refractivity contribution in [2.75, 3.05) is 33.4 Å². The SMILES string of the molecule is COCCOc1ccc(CNC(=O)N2CCCC2)cn1. The predicted molar refractivity (Wildman–Crippen MR) is 74.7 cm³/mol. The molecule has 1 aromatic rings. The van der Waals surface area contributed by atoms with Gasteiger partial charge in [0.25, 0.3) is 0 Å². The fraction of sp³-hybridized carbons (Fsp3) is 0.571. The van der Waals surface area contributed by atoms with Crippen molar-refractivity contribution in [1.82, 2.24) is 15.2 Å². The van der Waals surface area contributed by atoms with Crippen LogP contribution in [0, 0.1) is 0 Å². The Hall–Kier alpha value is -1.82. The number of ether oxygens (including phenoxy) is 2. The van der Waals surface area contributed by atoms with Crippen LogP contribution in [0.2, 0.25) is 0 Å². The number of carbonyl (C=O) groups excluding carboxylic acids is 1. The van der Waals surface area contributed by atoms with E-state index in [1.54, 1.807) is 19.4 Å². The maximum absolute atomic E-state index is 11.8. The van der Waals surface area contributed by atoms with Crippen LogP contribution in [0.25, 0.3) is 0 Å². The molecule has 1 fully saturated rings. The van der Waals surface area contributed by atoms with Gasteiger partial charge >= 0.3 is 6.03 Å². The fourth-order valence-corrected chi connectivity index (χ4v) is 2.04. The van der Waals surface area contributed by atoms with Crippen molar-refractivity contribution in [1.29, 1.82) is 0 Å². The van der Waals surface area contributed by atoms with Crippen LogP contribution in [0.15, 0.2) is 18.3 Å². The summed E-state index contributed by atoms with van der Waals surface area (Å²) in [5, 5.41) is 2.90. The Kier molecular flexibility index (Phi) is 5.61. The summed E-state index contributed by atoms with van der Waals surface area (Å²) in [6.07, 6.45) is 3.91. The Morgan fingerprint density at radius 3 is 2.80 bits per heavy atom. The molecule has 2 amide bonds. The number of carbonyl (C=O) groups is 1. The molecule has 0 unspecified atom stereocenters. The van der Waals surface area contributed by atoms with Gasteiger partial charge in [-0.3, -0.25) is 0 Å². The van der Waals surface area contributed by atoms with Gasteiger partial charge in [0.15, 0.2) is 0 Å². The summed E-state index contributed by atoms with van der Waals surface area (Å²) in [7, 11) is 1.63. The van der Waals surface area contributed by atoms with Crippen LogP contribution in [0.5, 0.6) is 5.88 Å². The predicted octanol–water partition coefficient (Wildman–Crippen LogP) is 1.41. The number of hydrogen-bond donors (Lipinski definition) is 1. The lowest BCUT2D eigenvalue weighted by molar-refractivity contribution is 0.143. The summed E-state index contributed by atoms with van der Waals surface area (Å²) >= 11 is 0. The monoisotopic (exact) mass is 279 g/mol. The molecule has 0 aliphatic carbocycles. The van der Waals surface area contributed by atoms with Gasteiger partial charge < -0.3 is 19.7 Å². The molecule has 0 radical (unpaired) electrons. The number of urea groups is 1. The highest BCUT2D eigenvalue weighted by Crippen LogP contribution is 2.09. The van der Waals surface area contributed by atoms with Gasteiger partial charge in [-0.25, -0.2) is 9.78 Å². The van der Waals surface area contributed by atoms with Crippen LogP contribution in [0.1, 0.15) is 18.4 Å². The molecule has 2 heterocycles. The first kappa shape index (κ1) is 14.6. The van der Waals surface area contributed by atoms with Gasteiger partial charge in [0.05, 0.1) is 6.61 Å². The minimum Gasteiger partial charge on any atom is -0.475 e. The normalized spacial score (nSPS) is 14.3. The topological polar surface area (TPSA) is 63.7 Å². The first-order chi connectivity index (χ1) is 9.79. The van der Waals surface area contributed by atoms with Crippen molar-refractivity contribution in [3.63, 3.8) is 0 Å². The molecule has 20 heavy (non-hydrogen) atoms. The van der Waals surface area contributed by atoms with Gasteiger partial charge in [-0.05, 0) is 18.4 Å². The standard InChI is InChI=1S/C14H21N3O3/c1-19-8-9-20-13-5-4-12(10-15-13)11-16-14(18)17-6-2-3-7-17/h4-5,10H,2-3,6-9,11H2,1H3,(H,16,18). The summed E-state index contributed by atoms with van der Waals surface area (Å²) in [6, 6.07) is 3.70. The lowest BCUT2D eigenvalue weighted by Crippen LogP contribution is -2.37. The van der Waals surface area contributed by atoms with E-state index in [1.807, 2.05) is 11.0 Å². The number of pyridine rings is 1. The second-order valence-corrected chi connectivity index (χ2v) is 4.70. The molecule has 0 spiro atoms. The first-order valence-electron chi connectivity index (χ1n) is 6.89. The second kappa shape index (κ2) is 7.69. The number of aromatic nitrogens is 1. The molecule has 1 aromatic heterocycles. The number of likely N-dealkylation sites (tertiary alicyclic amines) is 1. The number of nitrogens with one attached hydrogen (secondary N) is 1. The van der Waals surface area contributed by atoms with Gasteiger partial charge in [-0.1, -0.05) is 6.07 Å². The van der Waals surface area contributed by atoms with Gasteiger partial charge in [0.1, 0.15) is 6.61 Å². The maximum atomic E-state index is 11.8. The van der Waals surface area contributed by atoms with Crippen molar-refractivity contribution in [3.05, 3.63) is 23.9 Å². The average Bonchev–Trinajstić information content (AvgIpc) is 3.01. The molecule has 110 valence electrons. The Bertz CT molecular complexity index is 416. The van der Waals surface area contributed by atoms with Crippen LogP contribution in [0.3, 0.4) is 0 Å². The summed E-state index contributed by atoms with van der Waals surface area (Å²) < 4.78 is 10.3. The van der Waals surface area contributed by atoms with Crippen LogP contribution in [-0.2, 0) is 11.3 Å². The molecule has 1 aliphatic rings. The van der Waals surface area contributed by atoms with E-state index in [-0.39, 0.29) is 6.03 Å². The van der Waals surface area contributed by atoms with Crippen LogP contribution in [0.4, 0.5) is 4.79 Å². The molecule has 0 atom stereocenters. The second-order valence-electron chi connectivity index (χ2n) is 4.70. The van der Waals surface area contributed by atoms with E-state index in [9.17, 15) is 4.79 Å². The van der Waals surface area contributed by atoms with Crippen molar-refractivity contribution < 1.29 is 14.3 Å². The molecule has 2 rings (SSSR count). The van der Waals surface area contributed by atoms with Crippen molar-refractivity contribution >= 4 is 6.03 Å². The highest BCUT2D eigenvalue weighted by molar-refractivity contribution is 5.74. The molecule has 6 nitrogen and oxygen atoms in total. The number of amides is 2. The molecule has 0 saturated carbocycles. The Morgan fingerprint density at radius 2 is 2.15 bits per heavy atom. The van der Waals surface area contributed by atoms with E-state index in [0.29, 0.717) is 25.6 Å². The molecular formula is C14H21N3O3. The van der Waals surface area contributed by atoms with Gasteiger partial charge in [0, 0.05) is 39.0 Å². The summed E-state index contributed by atoms with van der Waals surface area (Å²) in [4.78, 5) is 17.8. The highest BCUT2D eigenvalue weighted by atomic mass is 16.5. The van der Waals surface area contributed by atoms with Crippen LogP contribution >= 0.6 is 0 Å².